The first-order chi connectivity index (χ1) is 9.13. The molecule has 0 spiro atoms. The molecule has 94 valence electrons. The van der Waals surface area contributed by atoms with Crippen LogP contribution in [0.4, 0.5) is 10.1 Å². The van der Waals surface area contributed by atoms with Crippen LogP contribution in [0.3, 0.4) is 0 Å². The van der Waals surface area contributed by atoms with Crippen LogP contribution in [0.15, 0.2) is 46.9 Å². The normalized spacial score (nSPS) is 15.5. The van der Waals surface area contributed by atoms with Crippen LogP contribution in [0.5, 0.6) is 0 Å². The zero-order chi connectivity index (χ0) is 13.4. The van der Waals surface area contributed by atoms with E-state index in [4.69, 9.17) is 0 Å². The monoisotopic (exact) mass is 317 g/mol. The molecule has 4 heteroatoms. The Morgan fingerprint density at radius 3 is 2.58 bits per heavy atom. The van der Waals surface area contributed by atoms with Crippen molar-refractivity contribution < 1.29 is 9.18 Å². The van der Waals surface area contributed by atoms with Crippen molar-refractivity contribution in [1.29, 1.82) is 0 Å². The van der Waals surface area contributed by atoms with Crippen molar-refractivity contribution in [3.05, 3.63) is 63.9 Å². The number of amides is 1. The van der Waals surface area contributed by atoms with Gasteiger partial charge in [-0.25, -0.2) is 4.39 Å². The van der Waals surface area contributed by atoms with Gasteiger partial charge in [0.2, 0.25) is 0 Å². The first-order valence-electron chi connectivity index (χ1n) is 5.72. The summed E-state index contributed by atoms with van der Waals surface area (Å²) in [5.74, 6) is -0.432. The van der Waals surface area contributed by atoms with Crippen LogP contribution >= 0.6 is 15.9 Å². The number of carbonyl (C=O) groups excluding carboxylic acids is 1. The van der Waals surface area contributed by atoms with Crippen LogP contribution < -0.4 is 5.32 Å². The minimum atomic E-state index is -0.291. The van der Waals surface area contributed by atoms with E-state index in [-0.39, 0.29) is 11.7 Å². The third kappa shape index (κ3) is 2.31. The van der Waals surface area contributed by atoms with Crippen molar-refractivity contribution >= 4 is 39.2 Å². The van der Waals surface area contributed by atoms with E-state index in [2.05, 4.69) is 21.2 Å². The number of hydrogen-bond acceptors (Lipinski definition) is 1. The van der Waals surface area contributed by atoms with Crippen molar-refractivity contribution in [2.24, 2.45) is 0 Å². The third-order valence-corrected chi connectivity index (χ3v) is 3.44. The molecule has 0 saturated heterocycles. The minimum Gasteiger partial charge on any atom is -0.321 e. The molecule has 2 nitrogen and oxygen atoms in total. The second kappa shape index (κ2) is 4.63. The van der Waals surface area contributed by atoms with Gasteiger partial charge in [-0.2, -0.15) is 0 Å². The topological polar surface area (TPSA) is 29.1 Å². The fourth-order valence-electron chi connectivity index (χ4n) is 2.03. The largest absolute Gasteiger partial charge is 0.321 e. The maximum atomic E-state index is 12.9. The summed E-state index contributed by atoms with van der Waals surface area (Å²) in [5, 5.41) is 2.80. The van der Waals surface area contributed by atoms with Gasteiger partial charge in [0, 0.05) is 21.3 Å². The number of hydrogen-bond donors (Lipinski definition) is 1. The van der Waals surface area contributed by atoms with Gasteiger partial charge in [-0.3, -0.25) is 4.79 Å². The molecular weight excluding hydrogens is 309 g/mol. The van der Waals surface area contributed by atoms with Crippen molar-refractivity contribution in [3.8, 4) is 0 Å². The molecule has 1 heterocycles. The lowest BCUT2D eigenvalue weighted by Crippen LogP contribution is -2.03. The summed E-state index contributed by atoms with van der Waals surface area (Å²) >= 11 is 3.39. The Morgan fingerprint density at radius 2 is 1.84 bits per heavy atom. The Bertz CT molecular complexity index is 692. The highest BCUT2D eigenvalue weighted by atomic mass is 79.9. The average molecular weight is 318 g/mol. The number of fused-ring (bicyclic) bond motifs is 1. The Kier molecular flexibility index (Phi) is 2.95. The molecule has 19 heavy (non-hydrogen) atoms. The quantitative estimate of drug-likeness (QED) is 0.789. The zero-order valence-electron chi connectivity index (χ0n) is 9.78. The van der Waals surface area contributed by atoms with Crippen LogP contribution in [0.2, 0.25) is 0 Å². The van der Waals surface area contributed by atoms with E-state index < -0.39 is 0 Å². The van der Waals surface area contributed by atoms with Crippen molar-refractivity contribution in [3.63, 3.8) is 0 Å². The van der Waals surface area contributed by atoms with Crippen molar-refractivity contribution in [2.45, 2.75) is 0 Å². The molecule has 0 saturated carbocycles. The molecule has 1 N–H and O–H groups in total. The molecule has 0 radical (unpaired) electrons. The lowest BCUT2D eigenvalue weighted by molar-refractivity contribution is -0.110. The molecule has 2 aromatic carbocycles. The molecule has 0 bridgehead atoms. The van der Waals surface area contributed by atoms with E-state index in [1.807, 2.05) is 18.2 Å². The molecule has 3 rings (SSSR count). The molecule has 0 aromatic heterocycles. The molecule has 1 aliphatic rings. The minimum absolute atomic E-state index is 0.141. The van der Waals surface area contributed by atoms with Crippen LogP contribution in [-0.4, -0.2) is 5.91 Å². The Hall–Kier alpha value is -1.94. The highest BCUT2D eigenvalue weighted by molar-refractivity contribution is 9.10. The lowest BCUT2D eigenvalue weighted by Gasteiger charge is -1.99. The van der Waals surface area contributed by atoms with E-state index >= 15 is 0 Å². The molecule has 0 atom stereocenters. The number of benzene rings is 2. The first kappa shape index (κ1) is 12.1. The Labute approximate surface area is 118 Å². The van der Waals surface area contributed by atoms with Crippen LogP contribution in [0, 0.1) is 5.82 Å². The summed E-state index contributed by atoms with van der Waals surface area (Å²) in [6, 6.07) is 11.7. The predicted molar refractivity (Wildman–Crippen MR) is 77.0 cm³/mol. The van der Waals surface area contributed by atoms with E-state index in [1.165, 1.54) is 12.1 Å². The smallest absolute Gasteiger partial charge is 0.256 e. The second-order valence-electron chi connectivity index (χ2n) is 4.25. The maximum Gasteiger partial charge on any atom is 0.256 e. The third-order valence-electron chi connectivity index (χ3n) is 2.95. The van der Waals surface area contributed by atoms with E-state index in [9.17, 15) is 9.18 Å². The predicted octanol–water partition coefficient (Wildman–Crippen LogP) is 4.08. The molecule has 0 fully saturated rings. The van der Waals surface area contributed by atoms with Crippen molar-refractivity contribution in [2.75, 3.05) is 5.32 Å². The molecule has 2 aromatic rings. The highest BCUT2D eigenvalue weighted by Crippen LogP contribution is 2.34. The average Bonchev–Trinajstić information content (AvgIpc) is 2.69. The lowest BCUT2D eigenvalue weighted by atomic mass is 10.0. The summed E-state index contributed by atoms with van der Waals surface area (Å²) < 4.78 is 13.8. The number of anilines is 1. The summed E-state index contributed by atoms with van der Waals surface area (Å²) in [6.07, 6.45) is 1.76. The summed E-state index contributed by atoms with van der Waals surface area (Å²) in [5.41, 5.74) is 3.02. The summed E-state index contributed by atoms with van der Waals surface area (Å²) in [6.45, 7) is 0. The highest BCUT2D eigenvalue weighted by Gasteiger charge is 2.23. The van der Waals surface area contributed by atoms with Gasteiger partial charge < -0.3 is 5.32 Å². The van der Waals surface area contributed by atoms with Gasteiger partial charge in [-0.1, -0.05) is 28.1 Å². The van der Waals surface area contributed by atoms with Gasteiger partial charge in [0.05, 0.1) is 0 Å². The fraction of sp³-hybridized carbons (Fsp3) is 0. The first-order valence-corrected chi connectivity index (χ1v) is 6.51. The van der Waals surface area contributed by atoms with Crippen LogP contribution in [-0.2, 0) is 4.79 Å². The molecule has 1 amide bonds. The van der Waals surface area contributed by atoms with Gasteiger partial charge in [0.25, 0.3) is 5.91 Å². The summed E-state index contributed by atoms with van der Waals surface area (Å²) in [7, 11) is 0. The molecule has 1 aliphatic heterocycles. The molecular formula is C15H9BrFNO. The maximum absolute atomic E-state index is 12.9. The SMILES string of the molecule is O=C1Nc2ccc(Br)cc2C1=Cc1ccc(F)cc1. The summed E-state index contributed by atoms with van der Waals surface area (Å²) in [4.78, 5) is 11.9. The number of rotatable bonds is 1. The Balaban J connectivity index is 2.08. The van der Waals surface area contributed by atoms with E-state index in [0.717, 1.165) is 21.3 Å². The van der Waals surface area contributed by atoms with Crippen LogP contribution in [0.25, 0.3) is 11.6 Å². The molecule has 0 aliphatic carbocycles. The zero-order valence-corrected chi connectivity index (χ0v) is 11.4. The number of carbonyl (C=O) groups is 1. The van der Waals surface area contributed by atoms with Gasteiger partial charge in [0.15, 0.2) is 0 Å². The standard InChI is InChI=1S/C15H9BrFNO/c16-10-3-6-14-12(8-10)13(15(19)18-14)7-9-1-4-11(17)5-2-9/h1-8H,(H,18,19). The Morgan fingerprint density at radius 1 is 1.11 bits per heavy atom. The fourth-order valence-corrected chi connectivity index (χ4v) is 2.39. The van der Waals surface area contributed by atoms with Gasteiger partial charge in [-0.15, -0.1) is 0 Å². The number of halogens is 2. The van der Waals surface area contributed by atoms with Gasteiger partial charge in [-0.05, 0) is 42.0 Å². The second-order valence-corrected chi connectivity index (χ2v) is 5.17. The van der Waals surface area contributed by atoms with Crippen molar-refractivity contribution in [1.82, 2.24) is 0 Å². The van der Waals surface area contributed by atoms with E-state index in [1.54, 1.807) is 18.2 Å². The van der Waals surface area contributed by atoms with Crippen LogP contribution in [0.1, 0.15) is 11.1 Å². The van der Waals surface area contributed by atoms with Gasteiger partial charge >= 0.3 is 0 Å². The molecule has 0 unspecified atom stereocenters. The van der Waals surface area contributed by atoms with Gasteiger partial charge in [0.1, 0.15) is 5.82 Å². The van der Waals surface area contributed by atoms with E-state index in [0.29, 0.717) is 5.57 Å². The number of nitrogens with one attached hydrogen (secondary N) is 1.